The zero-order valence-corrected chi connectivity index (χ0v) is 8.22. The Balaban J connectivity index is 2.73. The molecule has 1 aromatic carbocycles. The van der Waals surface area contributed by atoms with Crippen LogP contribution in [-0.2, 0) is 5.75 Å². The maximum absolute atomic E-state index is 8.53. The molecule has 13 heavy (non-hydrogen) atoms. The second kappa shape index (κ2) is 5.69. The van der Waals surface area contributed by atoms with Gasteiger partial charge in [0, 0.05) is 17.7 Å². The molecular formula is C11H12OS. The van der Waals surface area contributed by atoms with Crippen molar-refractivity contribution in [3.05, 3.63) is 35.4 Å². The van der Waals surface area contributed by atoms with Gasteiger partial charge in [-0.25, -0.2) is 0 Å². The van der Waals surface area contributed by atoms with E-state index in [9.17, 15) is 0 Å². The second-order valence-electron chi connectivity index (χ2n) is 2.63. The lowest BCUT2D eigenvalue weighted by atomic mass is 10.1. The molecule has 0 atom stereocenters. The monoisotopic (exact) mass is 192 g/mol. The molecule has 68 valence electrons. The number of hydrogen-bond donors (Lipinski definition) is 2. The van der Waals surface area contributed by atoms with Gasteiger partial charge in [-0.1, -0.05) is 24.0 Å². The SMILES string of the molecule is OCCC#Cc1cccc(CS)c1. The number of aliphatic hydroxyl groups is 1. The Hall–Kier alpha value is -0.910. The van der Waals surface area contributed by atoms with Crippen LogP contribution in [0.5, 0.6) is 0 Å². The maximum atomic E-state index is 8.53. The van der Waals surface area contributed by atoms with Gasteiger partial charge in [0.25, 0.3) is 0 Å². The molecular weight excluding hydrogens is 180 g/mol. The van der Waals surface area contributed by atoms with Crippen molar-refractivity contribution in [1.29, 1.82) is 0 Å². The summed E-state index contributed by atoms with van der Waals surface area (Å²) in [4.78, 5) is 0. The lowest BCUT2D eigenvalue weighted by Gasteiger charge is -1.95. The molecule has 0 radical (unpaired) electrons. The fraction of sp³-hybridized carbons (Fsp3) is 0.273. The number of aliphatic hydroxyl groups excluding tert-OH is 1. The molecule has 1 nitrogen and oxygen atoms in total. The van der Waals surface area contributed by atoms with Crippen LogP contribution in [0.1, 0.15) is 17.5 Å². The topological polar surface area (TPSA) is 20.2 Å². The van der Waals surface area contributed by atoms with Crippen LogP contribution in [0.4, 0.5) is 0 Å². The molecule has 0 aromatic heterocycles. The van der Waals surface area contributed by atoms with E-state index < -0.39 is 0 Å². The molecule has 0 saturated heterocycles. The summed E-state index contributed by atoms with van der Waals surface area (Å²) in [6, 6.07) is 7.95. The van der Waals surface area contributed by atoms with Gasteiger partial charge in [-0.15, -0.1) is 0 Å². The molecule has 0 heterocycles. The van der Waals surface area contributed by atoms with Gasteiger partial charge in [0.15, 0.2) is 0 Å². The first-order valence-corrected chi connectivity index (χ1v) is 4.79. The van der Waals surface area contributed by atoms with E-state index in [1.54, 1.807) is 0 Å². The van der Waals surface area contributed by atoms with E-state index >= 15 is 0 Å². The third-order valence-corrected chi connectivity index (χ3v) is 1.94. The summed E-state index contributed by atoms with van der Waals surface area (Å²) in [7, 11) is 0. The molecule has 0 aliphatic carbocycles. The van der Waals surface area contributed by atoms with Gasteiger partial charge >= 0.3 is 0 Å². The van der Waals surface area contributed by atoms with Gasteiger partial charge in [0.05, 0.1) is 6.61 Å². The van der Waals surface area contributed by atoms with Crippen LogP contribution >= 0.6 is 12.6 Å². The fourth-order valence-electron chi connectivity index (χ4n) is 0.968. The maximum Gasteiger partial charge on any atom is 0.0540 e. The Labute approximate surface area is 84.2 Å². The van der Waals surface area contributed by atoms with Crippen molar-refractivity contribution in [3.8, 4) is 11.8 Å². The highest BCUT2D eigenvalue weighted by molar-refractivity contribution is 7.79. The van der Waals surface area contributed by atoms with Crippen LogP contribution < -0.4 is 0 Å². The first-order chi connectivity index (χ1) is 6.36. The van der Waals surface area contributed by atoms with Crippen LogP contribution in [0.2, 0.25) is 0 Å². The van der Waals surface area contributed by atoms with Crippen molar-refractivity contribution in [3.63, 3.8) is 0 Å². The third-order valence-electron chi connectivity index (χ3n) is 1.58. The van der Waals surface area contributed by atoms with Gasteiger partial charge < -0.3 is 5.11 Å². The fourth-order valence-corrected chi connectivity index (χ4v) is 1.16. The summed E-state index contributed by atoms with van der Waals surface area (Å²) in [5.41, 5.74) is 2.15. The largest absolute Gasteiger partial charge is 0.395 e. The zero-order valence-electron chi connectivity index (χ0n) is 7.33. The minimum Gasteiger partial charge on any atom is -0.395 e. The summed E-state index contributed by atoms with van der Waals surface area (Å²) in [5.74, 6) is 6.59. The molecule has 0 amide bonds. The highest BCUT2D eigenvalue weighted by atomic mass is 32.1. The Bertz CT molecular complexity index is 322. The van der Waals surface area contributed by atoms with Gasteiger partial charge in [-0.05, 0) is 17.7 Å². The van der Waals surface area contributed by atoms with Crippen LogP contribution in [-0.4, -0.2) is 11.7 Å². The summed E-state index contributed by atoms with van der Waals surface area (Å²) in [6.45, 7) is 0.124. The molecule has 0 unspecified atom stereocenters. The molecule has 1 aromatic rings. The van der Waals surface area contributed by atoms with E-state index in [1.165, 1.54) is 5.56 Å². The van der Waals surface area contributed by atoms with E-state index in [2.05, 4.69) is 24.5 Å². The van der Waals surface area contributed by atoms with E-state index in [4.69, 9.17) is 5.11 Å². The van der Waals surface area contributed by atoms with E-state index in [-0.39, 0.29) is 6.61 Å². The summed E-state index contributed by atoms with van der Waals surface area (Å²) in [5, 5.41) is 8.53. The van der Waals surface area contributed by atoms with Gasteiger partial charge in [-0.3, -0.25) is 0 Å². The first-order valence-electron chi connectivity index (χ1n) is 4.16. The summed E-state index contributed by atoms with van der Waals surface area (Å²) in [6.07, 6.45) is 0.533. The Morgan fingerprint density at radius 3 is 2.92 bits per heavy atom. The Kier molecular flexibility index (Phi) is 4.45. The normalized spacial score (nSPS) is 9.08. The number of benzene rings is 1. The number of thiol groups is 1. The first kappa shape index (κ1) is 10.2. The van der Waals surface area contributed by atoms with Crippen molar-refractivity contribution in [1.82, 2.24) is 0 Å². The summed E-state index contributed by atoms with van der Waals surface area (Å²) < 4.78 is 0. The van der Waals surface area contributed by atoms with Gasteiger partial charge in [0.2, 0.25) is 0 Å². The van der Waals surface area contributed by atoms with Gasteiger partial charge in [-0.2, -0.15) is 12.6 Å². The molecule has 0 fully saturated rings. The molecule has 1 N–H and O–H groups in total. The average molecular weight is 192 g/mol. The van der Waals surface area contributed by atoms with Crippen molar-refractivity contribution in [2.24, 2.45) is 0 Å². The molecule has 2 heteroatoms. The van der Waals surface area contributed by atoms with E-state index in [1.807, 2.05) is 24.3 Å². The molecule has 0 saturated carbocycles. The number of hydrogen-bond acceptors (Lipinski definition) is 2. The van der Waals surface area contributed by atoms with Crippen molar-refractivity contribution >= 4 is 12.6 Å². The Morgan fingerprint density at radius 2 is 2.23 bits per heavy atom. The minimum absolute atomic E-state index is 0.124. The smallest absolute Gasteiger partial charge is 0.0540 e. The predicted octanol–water partition coefficient (Wildman–Crippen LogP) is 1.85. The van der Waals surface area contributed by atoms with E-state index in [0.29, 0.717) is 6.42 Å². The second-order valence-corrected chi connectivity index (χ2v) is 2.95. The highest BCUT2D eigenvalue weighted by Gasteiger charge is 1.89. The standard InChI is InChI=1S/C11H12OS/c12-7-2-1-4-10-5-3-6-11(8-10)9-13/h3,5-6,8,12-13H,2,7,9H2. The lowest BCUT2D eigenvalue weighted by Crippen LogP contribution is -1.81. The van der Waals surface area contributed by atoms with Crippen LogP contribution in [0.15, 0.2) is 24.3 Å². The van der Waals surface area contributed by atoms with E-state index in [0.717, 1.165) is 11.3 Å². The highest BCUT2D eigenvalue weighted by Crippen LogP contribution is 2.06. The predicted molar refractivity (Wildman–Crippen MR) is 57.7 cm³/mol. The van der Waals surface area contributed by atoms with Crippen molar-refractivity contribution in [2.75, 3.05) is 6.61 Å². The quantitative estimate of drug-likeness (QED) is 0.541. The third kappa shape index (κ3) is 3.54. The van der Waals surface area contributed by atoms with Crippen molar-refractivity contribution < 1.29 is 5.11 Å². The number of rotatable bonds is 2. The Morgan fingerprint density at radius 1 is 1.38 bits per heavy atom. The lowest BCUT2D eigenvalue weighted by molar-refractivity contribution is 0.305. The average Bonchev–Trinajstić information content (AvgIpc) is 2.19. The molecule has 0 spiro atoms. The summed E-state index contributed by atoms with van der Waals surface area (Å²) >= 11 is 4.18. The molecule has 1 rings (SSSR count). The minimum atomic E-state index is 0.124. The van der Waals surface area contributed by atoms with Gasteiger partial charge in [0.1, 0.15) is 0 Å². The molecule has 0 aliphatic heterocycles. The van der Waals surface area contributed by atoms with Crippen LogP contribution in [0.25, 0.3) is 0 Å². The van der Waals surface area contributed by atoms with Crippen LogP contribution in [0, 0.1) is 11.8 Å². The van der Waals surface area contributed by atoms with Crippen LogP contribution in [0.3, 0.4) is 0 Å². The molecule has 0 aliphatic rings. The zero-order chi connectivity index (χ0) is 9.52. The van der Waals surface area contributed by atoms with Crippen molar-refractivity contribution in [2.45, 2.75) is 12.2 Å². The molecule has 0 bridgehead atoms.